The maximum absolute atomic E-state index is 2.56. The van der Waals surface area contributed by atoms with E-state index in [2.05, 4.69) is 122 Å². The first-order chi connectivity index (χ1) is 17.1. The molecule has 0 atom stereocenters. The first-order valence-corrected chi connectivity index (χ1v) is 12.4. The first kappa shape index (κ1) is 20.3. The Hall–Kier alpha value is -4.10. The van der Waals surface area contributed by atoms with E-state index in [1.807, 2.05) is 0 Å². The lowest BCUT2D eigenvalue weighted by molar-refractivity contribution is 1.03. The molecule has 0 saturated heterocycles. The molecule has 1 aliphatic rings. The molecule has 0 radical (unpaired) electrons. The number of hydrogen-bond acceptors (Lipinski definition) is 0. The largest absolute Gasteiger partial charge is 0.308 e. The smallest absolute Gasteiger partial charge is 0.0576 e. The molecular weight excluding hydrogens is 422 g/mol. The lowest BCUT2D eigenvalue weighted by Crippen LogP contribution is -2.11. The molecule has 168 valence electrons. The van der Waals surface area contributed by atoms with Gasteiger partial charge < -0.3 is 4.57 Å². The second-order valence-electron chi connectivity index (χ2n) is 9.98. The number of nitrogens with zero attached hydrogens (tertiary/aromatic N) is 1. The van der Waals surface area contributed by atoms with Crippen molar-refractivity contribution in [3.63, 3.8) is 0 Å². The third kappa shape index (κ3) is 2.88. The van der Waals surface area contributed by atoms with E-state index >= 15 is 0 Å². The van der Waals surface area contributed by atoms with Crippen LogP contribution < -0.4 is 0 Å². The Labute approximate surface area is 205 Å². The first-order valence-electron chi connectivity index (χ1n) is 12.4. The number of fused-ring (bicyclic) bond motifs is 9. The summed E-state index contributed by atoms with van der Waals surface area (Å²) < 4.78 is 2.56. The summed E-state index contributed by atoms with van der Waals surface area (Å²) in [5.41, 5.74) is 10.6. The van der Waals surface area contributed by atoms with Crippen molar-refractivity contribution in [2.45, 2.75) is 27.2 Å². The molecule has 0 fully saturated rings. The van der Waals surface area contributed by atoms with Crippen molar-refractivity contribution >= 4 is 43.4 Å². The normalized spacial score (nSPS) is 12.3. The molecule has 1 aromatic heterocycles. The average molecular weight is 450 g/mol. The Morgan fingerprint density at radius 1 is 0.514 bits per heavy atom. The number of aromatic nitrogens is 1. The highest BCUT2D eigenvalue weighted by Gasteiger charge is 2.21. The quantitative estimate of drug-likeness (QED) is 0.218. The summed E-state index contributed by atoms with van der Waals surface area (Å²) in [6, 6.07) is 36.2. The van der Waals surface area contributed by atoms with Crippen LogP contribution in [-0.2, 0) is 6.42 Å². The second kappa shape index (κ2) is 7.45. The van der Waals surface area contributed by atoms with Crippen molar-refractivity contribution in [1.29, 1.82) is 0 Å². The zero-order valence-electron chi connectivity index (χ0n) is 20.4. The van der Waals surface area contributed by atoms with Crippen LogP contribution in [0.2, 0.25) is 0 Å². The Morgan fingerprint density at radius 3 is 2.00 bits per heavy atom. The number of aryl methyl sites for hydroxylation is 3. The molecular formula is C34H27N. The van der Waals surface area contributed by atoms with Gasteiger partial charge in [-0.15, -0.1) is 0 Å². The van der Waals surface area contributed by atoms with Crippen LogP contribution in [0.15, 0.2) is 97.1 Å². The summed E-state index contributed by atoms with van der Waals surface area (Å²) in [6.45, 7) is 6.75. The molecule has 0 unspecified atom stereocenters. The predicted octanol–water partition coefficient (Wildman–Crippen LogP) is 9.04. The topological polar surface area (TPSA) is 4.93 Å². The third-order valence-electron chi connectivity index (χ3n) is 7.68. The zero-order chi connectivity index (χ0) is 23.7. The van der Waals surface area contributed by atoms with Crippen molar-refractivity contribution in [2.24, 2.45) is 0 Å². The predicted molar refractivity (Wildman–Crippen MR) is 150 cm³/mol. The summed E-state index contributed by atoms with van der Waals surface area (Å²) in [5, 5.41) is 7.84. The standard InChI is InChI=1S/C34H27N/c1-21-18-25-20-24-12-4-7-17-31(24)35-33-23(3)11-9-16-29(33)27-14-6-5-13-26(27)28-15-8-10-22(2)32(28)30(19-21)34(25)35/h4-19H,20H2,1-3H3. The minimum Gasteiger partial charge on any atom is -0.308 e. The highest BCUT2D eigenvalue weighted by Crippen LogP contribution is 2.40. The highest BCUT2D eigenvalue weighted by molar-refractivity contribution is 6.21. The van der Waals surface area contributed by atoms with Gasteiger partial charge >= 0.3 is 0 Å². The van der Waals surface area contributed by atoms with Gasteiger partial charge in [-0.1, -0.05) is 90.5 Å². The molecule has 1 nitrogen and oxygen atoms in total. The summed E-state index contributed by atoms with van der Waals surface area (Å²) >= 11 is 0. The van der Waals surface area contributed by atoms with Crippen LogP contribution >= 0.6 is 0 Å². The molecule has 5 aromatic carbocycles. The summed E-state index contributed by atoms with van der Waals surface area (Å²) in [4.78, 5) is 0. The molecule has 1 heteroatoms. The van der Waals surface area contributed by atoms with E-state index in [1.54, 1.807) is 0 Å². The van der Waals surface area contributed by atoms with Crippen LogP contribution in [0.25, 0.3) is 49.0 Å². The van der Waals surface area contributed by atoms with Gasteiger partial charge in [0.25, 0.3) is 0 Å². The maximum atomic E-state index is 2.56. The second-order valence-corrected chi connectivity index (χ2v) is 9.98. The fourth-order valence-corrected chi connectivity index (χ4v) is 6.26. The summed E-state index contributed by atoms with van der Waals surface area (Å²) in [7, 11) is 0. The number of benzene rings is 5. The van der Waals surface area contributed by atoms with Gasteiger partial charge in [0.05, 0.1) is 11.0 Å². The van der Waals surface area contributed by atoms with Gasteiger partial charge in [0.2, 0.25) is 0 Å². The minimum atomic E-state index is 0.950. The molecule has 0 saturated carbocycles. The fraction of sp³-hybridized carbons (Fsp3) is 0.118. The highest BCUT2D eigenvalue weighted by atomic mass is 15.0. The van der Waals surface area contributed by atoms with E-state index in [-0.39, 0.29) is 0 Å². The van der Waals surface area contributed by atoms with E-state index in [0.717, 1.165) is 6.42 Å². The third-order valence-corrected chi connectivity index (χ3v) is 7.68. The van der Waals surface area contributed by atoms with Gasteiger partial charge in [-0.2, -0.15) is 0 Å². The van der Waals surface area contributed by atoms with Crippen LogP contribution in [-0.4, -0.2) is 4.57 Å². The number of rotatable bonds is 0. The van der Waals surface area contributed by atoms with Crippen LogP contribution in [0.5, 0.6) is 0 Å². The molecule has 0 bridgehead atoms. The summed E-state index contributed by atoms with van der Waals surface area (Å²) in [6.07, 6.45) is 0.950. The van der Waals surface area contributed by atoms with Crippen molar-refractivity contribution < 1.29 is 0 Å². The van der Waals surface area contributed by atoms with Crippen molar-refractivity contribution in [2.75, 3.05) is 0 Å². The molecule has 0 aliphatic carbocycles. The van der Waals surface area contributed by atoms with Gasteiger partial charge in [0.1, 0.15) is 0 Å². The lowest BCUT2D eigenvalue weighted by Gasteiger charge is -2.25. The van der Waals surface area contributed by atoms with Gasteiger partial charge in [0, 0.05) is 22.9 Å². The SMILES string of the molecule is Cc1cc2c3c(c1)c1c(C)cccc1c1ccccc1c1cccc(C)c1n3-c1ccccc1C2. The molecule has 35 heavy (non-hydrogen) atoms. The number of hydrogen-bond donors (Lipinski definition) is 0. The van der Waals surface area contributed by atoms with Crippen LogP contribution in [0.1, 0.15) is 27.8 Å². The van der Waals surface area contributed by atoms with Crippen LogP contribution in [0.3, 0.4) is 0 Å². The minimum absolute atomic E-state index is 0.950. The van der Waals surface area contributed by atoms with Crippen molar-refractivity contribution in [1.82, 2.24) is 4.57 Å². The molecule has 0 N–H and O–H groups in total. The average Bonchev–Trinajstić information content (AvgIpc) is 2.91. The maximum Gasteiger partial charge on any atom is 0.0576 e. The fourth-order valence-electron chi connectivity index (χ4n) is 6.26. The van der Waals surface area contributed by atoms with Gasteiger partial charge in [-0.05, 0) is 76.7 Å². The molecule has 2 heterocycles. The van der Waals surface area contributed by atoms with Gasteiger partial charge in [-0.3, -0.25) is 0 Å². The number of para-hydroxylation sites is 2. The molecule has 0 spiro atoms. The van der Waals surface area contributed by atoms with Crippen molar-refractivity contribution in [3.05, 3.63) is 125 Å². The Bertz CT molecular complexity index is 1900. The Kier molecular flexibility index (Phi) is 4.32. The van der Waals surface area contributed by atoms with E-state index in [0.29, 0.717) is 0 Å². The lowest BCUT2D eigenvalue weighted by atomic mass is 9.92. The van der Waals surface area contributed by atoms with Crippen LogP contribution in [0, 0.1) is 20.8 Å². The Morgan fingerprint density at radius 2 is 1.17 bits per heavy atom. The molecule has 7 rings (SSSR count). The van der Waals surface area contributed by atoms with Gasteiger partial charge in [0.15, 0.2) is 0 Å². The molecule has 6 aromatic rings. The zero-order valence-corrected chi connectivity index (χ0v) is 20.4. The monoisotopic (exact) mass is 449 g/mol. The van der Waals surface area contributed by atoms with Gasteiger partial charge in [-0.25, -0.2) is 0 Å². The van der Waals surface area contributed by atoms with E-state index in [1.165, 1.54) is 76.9 Å². The van der Waals surface area contributed by atoms with E-state index in [4.69, 9.17) is 0 Å². The summed E-state index contributed by atoms with van der Waals surface area (Å²) in [5.74, 6) is 0. The molecule has 1 aliphatic heterocycles. The van der Waals surface area contributed by atoms with Crippen LogP contribution in [0.4, 0.5) is 0 Å². The van der Waals surface area contributed by atoms with Crippen molar-refractivity contribution in [3.8, 4) is 5.69 Å². The van der Waals surface area contributed by atoms with E-state index < -0.39 is 0 Å². The molecule has 0 amide bonds. The van der Waals surface area contributed by atoms with E-state index in [9.17, 15) is 0 Å². The Balaban J connectivity index is 2.00.